The Bertz CT molecular complexity index is 703. The zero-order chi connectivity index (χ0) is 18.2. The molecule has 0 aliphatic rings. The second kappa shape index (κ2) is 9.22. The number of hydrogen-bond donors (Lipinski definition) is 2. The van der Waals surface area contributed by atoms with Gasteiger partial charge in [-0.2, -0.15) is 0 Å². The summed E-state index contributed by atoms with van der Waals surface area (Å²) in [4.78, 5) is 33.3. The molecule has 1 aromatic carbocycles. The fourth-order valence-corrected chi connectivity index (χ4v) is 2.89. The van der Waals surface area contributed by atoms with E-state index in [0.29, 0.717) is 24.5 Å². The highest BCUT2D eigenvalue weighted by atomic mass is 35.5. The van der Waals surface area contributed by atoms with Gasteiger partial charge in [0.05, 0.1) is 6.33 Å². The summed E-state index contributed by atoms with van der Waals surface area (Å²) >= 11 is 6.04. The van der Waals surface area contributed by atoms with Crippen molar-refractivity contribution in [1.82, 2.24) is 20.2 Å². The van der Waals surface area contributed by atoms with E-state index in [9.17, 15) is 9.59 Å². The molecule has 2 aromatic rings. The smallest absolute Gasteiger partial charge is 0.245 e. The van der Waals surface area contributed by atoms with Crippen LogP contribution in [0.5, 0.6) is 0 Å². The average Bonchev–Trinajstić information content (AvgIpc) is 3.06. The van der Waals surface area contributed by atoms with Crippen LogP contribution in [-0.4, -0.2) is 39.3 Å². The molecule has 2 amide bonds. The molecule has 0 unspecified atom stereocenters. The van der Waals surface area contributed by atoms with Gasteiger partial charge < -0.3 is 15.2 Å². The molecule has 25 heavy (non-hydrogen) atoms. The fraction of sp³-hybridized carbons (Fsp3) is 0.389. The van der Waals surface area contributed by atoms with Crippen molar-refractivity contribution < 1.29 is 9.59 Å². The van der Waals surface area contributed by atoms with Crippen molar-refractivity contribution in [3.8, 4) is 0 Å². The zero-order valence-corrected chi connectivity index (χ0v) is 15.2. The molecule has 2 rings (SSSR count). The van der Waals surface area contributed by atoms with Gasteiger partial charge in [-0.3, -0.25) is 9.59 Å². The lowest BCUT2D eigenvalue weighted by atomic mass is 10.1. The molecule has 1 aromatic heterocycles. The lowest BCUT2D eigenvalue weighted by Crippen LogP contribution is -2.49. The Balaban J connectivity index is 2.17. The number of carbonyl (C=O) groups is 2. The normalized spacial score (nSPS) is 11.8. The summed E-state index contributed by atoms with van der Waals surface area (Å²) in [5, 5.41) is 3.39. The number of amides is 2. The maximum atomic E-state index is 13.0. The molecule has 0 radical (unpaired) electrons. The SMILES string of the molecule is CCCN(Cc1cccc(Cl)c1)C(=O)[C@H](Cc1cnc[nH]1)NC(C)=O. The molecular formula is C18H23ClN4O2. The summed E-state index contributed by atoms with van der Waals surface area (Å²) in [6, 6.07) is 6.81. The Hall–Kier alpha value is -2.34. The minimum absolute atomic E-state index is 0.119. The zero-order valence-electron chi connectivity index (χ0n) is 14.5. The maximum Gasteiger partial charge on any atom is 0.245 e. The number of carbonyl (C=O) groups excluding carboxylic acids is 2. The molecule has 0 fully saturated rings. The van der Waals surface area contributed by atoms with E-state index in [1.165, 1.54) is 6.92 Å². The van der Waals surface area contributed by atoms with Crippen LogP contribution < -0.4 is 5.32 Å². The Morgan fingerprint density at radius 2 is 2.20 bits per heavy atom. The predicted molar refractivity (Wildman–Crippen MR) is 97.1 cm³/mol. The van der Waals surface area contributed by atoms with Crippen molar-refractivity contribution >= 4 is 23.4 Å². The van der Waals surface area contributed by atoms with E-state index in [1.807, 2.05) is 25.1 Å². The largest absolute Gasteiger partial charge is 0.348 e. The topological polar surface area (TPSA) is 78.1 Å². The van der Waals surface area contributed by atoms with E-state index in [-0.39, 0.29) is 11.8 Å². The molecule has 0 bridgehead atoms. The fourth-order valence-electron chi connectivity index (χ4n) is 2.67. The van der Waals surface area contributed by atoms with Gasteiger partial charge in [0.2, 0.25) is 11.8 Å². The van der Waals surface area contributed by atoms with Gasteiger partial charge in [0.1, 0.15) is 6.04 Å². The monoisotopic (exact) mass is 362 g/mol. The molecule has 0 saturated heterocycles. The van der Waals surface area contributed by atoms with Gasteiger partial charge in [-0.25, -0.2) is 4.98 Å². The third-order valence-corrected chi connectivity index (χ3v) is 3.96. The first-order valence-electron chi connectivity index (χ1n) is 8.27. The van der Waals surface area contributed by atoms with E-state index in [1.54, 1.807) is 23.5 Å². The van der Waals surface area contributed by atoms with E-state index in [4.69, 9.17) is 11.6 Å². The summed E-state index contributed by atoms with van der Waals surface area (Å²) < 4.78 is 0. The van der Waals surface area contributed by atoms with Crippen molar-refractivity contribution in [3.05, 3.63) is 53.1 Å². The van der Waals surface area contributed by atoms with Crippen LogP contribution in [0, 0.1) is 0 Å². The quantitative estimate of drug-likeness (QED) is 0.757. The number of H-pyrrole nitrogens is 1. The molecule has 1 heterocycles. The molecule has 6 nitrogen and oxygen atoms in total. The van der Waals surface area contributed by atoms with E-state index in [0.717, 1.165) is 17.7 Å². The standard InChI is InChI=1S/C18H23ClN4O2/c1-3-7-23(11-14-5-4-6-15(19)8-14)18(25)17(22-13(2)24)9-16-10-20-12-21-16/h4-6,8,10,12,17H,3,7,9,11H2,1-2H3,(H,20,21)(H,22,24)/t17-/m0/s1. The highest BCUT2D eigenvalue weighted by Gasteiger charge is 2.25. The van der Waals surface area contributed by atoms with Crippen LogP contribution in [0.15, 0.2) is 36.8 Å². The van der Waals surface area contributed by atoms with E-state index >= 15 is 0 Å². The summed E-state index contributed by atoms with van der Waals surface area (Å²) in [6.45, 7) is 4.48. The van der Waals surface area contributed by atoms with Crippen molar-refractivity contribution in [3.63, 3.8) is 0 Å². The first-order chi connectivity index (χ1) is 12.0. The molecule has 134 valence electrons. The lowest BCUT2D eigenvalue weighted by molar-refractivity contribution is -0.136. The molecular weight excluding hydrogens is 340 g/mol. The molecule has 0 aliphatic heterocycles. The van der Waals surface area contributed by atoms with Crippen LogP contribution in [0.2, 0.25) is 5.02 Å². The van der Waals surface area contributed by atoms with Crippen molar-refractivity contribution in [2.45, 2.75) is 39.3 Å². The second-order valence-electron chi connectivity index (χ2n) is 5.92. The number of imidazole rings is 1. The van der Waals surface area contributed by atoms with Gasteiger partial charge in [-0.1, -0.05) is 30.7 Å². The van der Waals surface area contributed by atoms with Gasteiger partial charge in [0, 0.05) is 43.3 Å². The Kier molecular flexibility index (Phi) is 7.01. The van der Waals surface area contributed by atoms with E-state index in [2.05, 4.69) is 15.3 Å². The Labute approximate surface area is 152 Å². The summed E-state index contributed by atoms with van der Waals surface area (Å²) in [5.74, 6) is -0.358. The highest BCUT2D eigenvalue weighted by molar-refractivity contribution is 6.30. The van der Waals surface area contributed by atoms with Crippen LogP contribution in [0.3, 0.4) is 0 Å². The molecule has 1 atom stereocenters. The highest BCUT2D eigenvalue weighted by Crippen LogP contribution is 2.14. The molecule has 0 saturated carbocycles. The second-order valence-corrected chi connectivity index (χ2v) is 6.36. The van der Waals surface area contributed by atoms with Gasteiger partial charge in [0.25, 0.3) is 0 Å². The summed E-state index contributed by atoms with van der Waals surface area (Å²) in [6.07, 6.45) is 4.40. The molecule has 2 N–H and O–H groups in total. The number of nitrogens with one attached hydrogen (secondary N) is 2. The number of benzene rings is 1. The average molecular weight is 363 g/mol. The molecule has 7 heteroatoms. The van der Waals surface area contributed by atoms with Crippen molar-refractivity contribution in [2.75, 3.05) is 6.54 Å². The Morgan fingerprint density at radius 1 is 1.40 bits per heavy atom. The third-order valence-electron chi connectivity index (χ3n) is 3.72. The minimum atomic E-state index is -0.635. The number of nitrogens with zero attached hydrogens (tertiary/aromatic N) is 2. The number of halogens is 1. The van der Waals surface area contributed by atoms with Crippen LogP contribution in [0.4, 0.5) is 0 Å². The molecule has 0 spiro atoms. The van der Waals surface area contributed by atoms with Gasteiger partial charge in [-0.05, 0) is 24.1 Å². The van der Waals surface area contributed by atoms with Gasteiger partial charge in [-0.15, -0.1) is 0 Å². The van der Waals surface area contributed by atoms with Crippen molar-refractivity contribution in [2.24, 2.45) is 0 Å². The van der Waals surface area contributed by atoms with Crippen LogP contribution in [0.1, 0.15) is 31.5 Å². The maximum absolute atomic E-state index is 13.0. The number of rotatable bonds is 8. The van der Waals surface area contributed by atoms with Crippen LogP contribution in [0.25, 0.3) is 0 Å². The van der Waals surface area contributed by atoms with Crippen LogP contribution >= 0.6 is 11.6 Å². The minimum Gasteiger partial charge on any atom is -0.348 e. The molecule has 0 aliphatic carbocycles. The number of aromatic nitrogens is 2. The summed E-state index contributed by atoms with van der Waals surface area (Å²) in [5.41, 5.74) is 1.75. The Morgan fingerprint density at radius 3 is 2.80 bits per heavy atom. The predicted octanol–water partition coefficient (Wildman–Crippen LogP) is 2.55. The first kappa shape index (κ1) is 19.0. The van der Waals surface area contributed by atoms with Gasteiger partial charge in [0.15, 0.2) is 0 Å². The van der Waals surface area contributed by atoms with Crippen molar-refractivity contribution in [1.29, 1.82) is 0 Å². The first-order valence-corrected chi connectivity index (χ1v) is 8.65. The summed E-state index contributed by atoms with van der Waals surface area (Å²) in [7, 11) is 0. The van der Waals surface area contributed by atoms with Gasteiger partial charge >= 0.3 is 0 Å². The third kappa shape index (κ3) is 5.90. The number of aromatic amines is 1. The van der Waals surface area contributed by atoms with Crippen LogP contribution in [-0.2, 0) is 22.6 Å². The van der Waals surface area contributed by atoms with E-state index < -0.39 is 6.04 Å². The lowest BCUT2D eigenvalue weighted by Gasteiger charge is -2.27. The number of hydrogen-bond acceptors (Lipinski definition) is 3.